The van der Waals surface area contributed by atoms with Crippen LogP contribution in [0.1, 0.15) is 55.4 Å². The summed E-state index contributed by atoms with van der Waals surface area (Å²) in [5.41, 5.74) is 0. The van der Waals surface area contributed by atoms with Crippen molar-refractivity contribution in [1.29, 1.82) is 0 Å². The predicted octanol–water partition coefficient (Wildman–Crippen LogP) is 4.49. The van der Waals surface area contributed by atoms with Crippen molar-refractivity contribution in [3.8, 4) is 0 Å². The van der Waals surface area contributed by atoms with Gasteiger partial charge in [-0.1, -0.05) is 0 Å². The normalized spacial score (nSPS) is 14.5. The third-order valence-corrected chi connectivity index (χ3v) is 10.2. The summed E-state index contributed by atoms with van der Waals surface area (Å²) in [6, 6.07) is 0. The Bertz CT molecular complexity index is 120. The third kappa shape index (κ3) is 3.52. The first-order valence-electron chi connectivity index (χ1n) is 4.86. The predicted molar refractivity (Wildman–Crippen MR) is 60.3 cm³/mol. The van der Waals surface area contributed by atoms with Gasteiger partial charge in [0.15, 0.2) is 0 Å². The summed E-state index contributed by atoms with van der Waals surface area (Å²) >= 11 is -0.757. The zero-order chi connectivity index (χ0) is 10.2. The molecule has 0 rings (SSSR count). The number of hydrogen-bond acceptors (Lipinski definition) is 0. The minimum atomic E-state index is -0.757. The number of rotatable bonds is 1. The molecular formula is C11H25As. The molecule has 0 spiro atoms. The van der Waals surface area contributed by atoms with Gasteiger partial charge in [-0.25, -0.2) is 0 Å². The summed E-state index contributed by atoms with van der Waals surface area (Å²) in [5.74, 6) is 0. The number of hydrogen-bond donors (Lipinski definition) is 0. The van der Waals surface area contributed by atoms with Crippen LogP contribution in [0, 0.1) is 0 Å². The standard InChI is InChI=1S/C11H25As/c1-9(2)12(10(3,4)5)11(6,7)8/h9H,1-8H3. The van der Waals surface area contributed by atoms with E-state index in [1.807, 2.05) is 0 Å². The van der Waals surface area contributed by atoms with Crippen LogP contribution in [0.3, 0.4) is 0 Å². The topological polar surface area (TPSA) is 0 Å². The molecule has 0 aliphatic heterocycles. The van der Waals surface area contributed by atoms with Crippen molar-refractivity contribution in [1.82, 2.24) is 0 Å². The molecule has 0 N–H and O–H groups in total. The molecule has 0 saturated heterocycles. The van der Waals surface area contributed by atoms with E-state index in [0.29, 0.717) is 8.41 Å². The van der Waals surface area contributed by atoms with Crippen LogP contribution in [-0.4, -0.2) is 14.7 Å². The van der Waals surface area contributed by atoms with Gasteiger partial charge < -0.3 is 0 Å². The van der Waals surface area contributed by atoms with Crippen molar-refractivity contribution < 1.29 is 0 Å². The van der Waals surface area contributed by atoms with Crippen LogP contribution >= 0.6 is 0 Å². The molecule has 0 nitrogen and oxygen atoms in total. The fourth-order valence-corrected chi connectivity index (χ4v) is 13.3. The van der Waals surface area contributed by atoms with Crippen LogP contribution in [0.15, 0.2) is 0 Å². The molecule has 0 aromatic heterocycles. The average molecular weight is 232 g/mol. The van der Waals surface area contributed by atoms with Gasteiger partial charge >= 0.3 is 83.2 Å². The molecule has 0 unspecified atom stereocenters. The second kappa shape index (κ2) is 3.74. The van der Waals surface area contributed by atoms with Gasteiger partial charge in [0.25, 0.3) is 0 Å². The molecule has 74 valence electrons. The van der Waals surface area contributed by atoms with Gasteiger partial charge in [0.05, 0.1) is 0 Å². The molecule has 1 heteroatoms. The molecule has 0 atom stereocenters. The maximum atomic E-state index is 2.41. The molecule has 0 saturated carbocycles. The van der Waals surface area contributed by atoms with Crippen LogP contribution < -0.4 is 0 Å². The summed E-state index contributed by atoms with van der Waals surface area (Å²) in [4.78, 5) is 0. The van der Waals surface area contributed by atoms with E-state index in [1.54, 1.807) is 0 Å². The molecule has 12 heavy (non-hydrogen) atoms. The molecule has 0 bridgehead atoms. The first kappa shape index (κ1) is 12.6. The Morgan fingerprint density at radius 1 is 0.750 bits per heavy atom. The Labute approximate surface area is 83.4 Å². The van der Waals surface area contributed by atoms with Gasteiger partial charge in [-0.2, -0.15) is 0 Å². The van der Waals surface area contributed by atoms with E-state index in [-0.39, 0.29) is 0 Å². The van der Waals surface area contributed by atoms with Gasteiger partial charge in [0, 0.05) is 0 Å². The summed E-state index contributed by atoms with van der Waals surface area (Å²) in [5, 5.41) is 0. The molecule has 0 radical (unpaired) electrons. The van der Waals surface area contributed by atoms with E-state index in [9.17, 15) is 0 Å². The molecule has 0 amide bonds. The van der Waals surface area contributed by atoms with Crippen LogP contribution in [0.5, 0.6) is 0 Å². The molecule has 0 aromatic rings. The van der Waals surface area contributed by atoms with E-state index in [4.69, 9.17) is 0 Å². The van der Waals surface area contributed by atoms with Crippen molar-refractivity contribution in [3.63, 3.8) is 0 Å². The summed E-state index contributed by atoms with van der Waals surface area (Å²) in [7, 11) is 0. The molecule has 0 heterocycles. The molecule has 0 aromatic carbocycles. The van der Waals surface area contributed by atoms with Crippen LogP contribution in [-0.2, 0) is 0 Å². The van der Waals surface area contributed by atoms with Crippen LogP contribution in [0.4, 0.5) is 0 Å². The average Bonchev–Trinajstić information content (AvgIpc) is 1.49. The van der Waals surface area contributed by atoms with Crippen LogP contribution in [0.2, 0.25) is 13.1 Å². The van der Waals surface area contributed by atoms with E-state index in [2.05, 4.69) is 55.4 Å². The summed E-state index contributed by atoms with van der Waals surface area (Å²) < 4.78 is 2.05. The first-order valence-corrected chi connectivity index (χ1v) is 7.82. The van der Waals surface area contributed by atoms with Crippen molar-refractivity contribution in [2.24, 2.45) is 0 Å². The van der Waals surface area contributed by atoms with E-state index >= 15 is 0 Å². The Balaban J connectivity index is 4.70. The second-order valence-corrected chi connectivity index (χ2v) is 15.2. The fraction of sp³-hybridized carbons (Fsp3) is 1.00. The molecule has 0 aliphatic carbocycles. The third-order valence-electron chi connectivity index (χ3n) is 1.96. The quantitative estimate of drug-likeness (QED) is 0.584. The zero-order valence-corrected chi connectivity index (χ0v) is 11.9. The Morgan fingerprint density at radius 3 is 1.00 bits per heavy atom. The van der Waals surface area contributed by atoms with Crippen molar-refractivity contribution in [2.45, 2.75) is 68.5 Å². The fourth-order valence-electron chi connectivity index (χ4n) is 2.56. The van der Waals surface area contributed by atoms with Crippen molar-refractivity contribution in [3.05, 3.63) is 0 Å². The van der Waals surface area contributed by atoms with E-state index in [1.165, 1.54) is 0 Å². The van der Waals surface area contributed by atoms with E-state index in [0.717, 1.165) is 4.71 Å². The molecule has 0 fully saturated rings. The first-order chi connectivity index (χ1) is 5.07. The Kier molecular flexibility index (Phi) is 3.92. The van der Waals surface area contributed by atoms with Gasteiger partial charge in [-0.15, -0.1) is 0 Å². The molecular weight excluding hydrogens is 207 g/mol. The molecule has 0 aliphatic rings. The van der Waals surface area contributed by atoms with E-state index < -0.39 is 14.7 Å². The summed E-state index contributed by atoms with van der Waals surface area (Å²) in [6.07, 6.45) is 0. The van der Waals surface area contributed by atoms with Gasteiger partial charge in [0.1, 0.15) is 0 Å². The van der Waals surface area contributed by atoms with Gasteiger partial charge in [0.2, 0.25) is 0 Å². The zero-order valence-electron chi connectivity index (χ0n) is 10.0. The minimum absolute atomic E-state index is 0.569. The van der Waals surface area contributed by atoms with Crippen molar-refractivity contribution >= 4 is 14.7 Å². The maximum absolute atomic E-state index is 2.41. The van der Waals surface area contributed by atoms with Crippen LogP contribution in [0.25, 0.3) is 0 Å². The van der Waals surface area contributed by atoms with Gasteiger partial charge in [-0.3, -0.25) is 0 Å². The summed E-state index contributed by atoms with van der Waals surface area (Å²) in [6.45, 7) is 19.3. The van der Waals surface area contributed by atoms with Gasteiger partial charge in [-0.05, 0) is 0 Å². The Hall–Kier alpha value is 0.558. The second-order valence-electron chi connectivity index (χ2n) is 5.81. The monoisotopic (exact) mass is 232 g/mol. The SMILES string of the molecule is CC(C)[As](C(C)(C)C)C(C)(C)C. The Morgan fingerprint density at radius 2 is 1.00 bits per heavy atom. The van der Waals surface area contributed by atoms with Crippen molar-refractivity contribution in [2.75, 3.05) is 0 Å².